The number of thiophene rings is 1. The van der Waals surface area contributed by atoms with Crippen LogP contribution in [0, 0.1) is 0 Å². The third kappa shape index (κ3) is 4.54. The molecular weight excluding hydrogens is 362 g/mol. The van der Waals surface area contributed by atoms with Gasteiger partial charge in [0.1, 0.15) is 10.3 Å². The first kappa shape index (κ1) is 16.0. The lowest BCUT2D eigenvalue weighted by molar-refractivity contribution is -0.139. The highest BCUT2D eigenvalue weighted by atomic mass is 79.9. The third-order valence-electron chi connectivity index (χ3n) is 2.02. The van der Waals surface area contributed by atoms with Gasteiger partial charge in [0, 0.05) is 0 Å². The smallest absolute Gasteiger partial charge is 0.321 e. The van der Waals surface area contributed by atoms with Crippen LogP contribution < -0.4 is 4.72 Å². The Kier molecular flexibility index (Phi) is 6.12. The molecular formula is C9H12BrNO4S3. The molecule has 0 aromatic carbocycles. The van der Waals surface area contributed by atoms with Crippen LogP contribution in [0.5, 0.6) is 0 Å². The van der Waals surface area contributed by atoms with Crippen LogP contribution in [0.25, 0.3) is 0 Å². The molecule has 0 spiro atoms. The summed E-state index contributed by atoms with van der Waals surface area (Å²) in [5, 5.41) is 8.97. The summed E-state index contributed by atoms with van der Waals surface area (Å²) in [7, 11) is -3.77. The first-order valence-electron chi connectivity index (χ1n) is 4.86. The van der Waals surface area contributed by atoms with Crippen LogP contribution in [0.1, 0.15) is 6.42 Å². The molecule has 1 rings (SSSR count). The SMILES string of the molecule is CSCC[C@@H](NS(=O)(=O)c1ccc(Br)s1)C(=O)O. The lowest BCUT2D eigenvalue weighted by Crippen LogP contribution is -2.40. The van der Waals surface area contributed by atoms with E-state index < -0.39 is 22.0 Å². The van der Waals surface area contributed by atoms with Gasteiger partial charge in [-0.3, -0.25) is 4.79 Å². The Morgan fingerprint density at radius 2 is 2.28 bits per heavy atom. The van der Waals surface area contributed by atoms with E-state index in [-0.39, 0.29) is 10.6 Å². The minimum Gasteiger partial charge on any atom is -0.480 e. The molecule has 5 nitrogen and oxygen atoms in total. The Labute approximate surface area is 122 Å². The number of thioether (sulfide) groups is 1. The van der Waals surface area contributed by atoms with Gasteiger partial charge in [-0.2, -0.15) is 16.5 Å². The minimum absolute atomic E-state index is 0.102. The number of carbonyl (C=O) groups is 1. The van der Waals surface area contributed by atoms with E-state index in [0.717, 1.165) is 11.3 Å². The maximum Gasteiger partial charge on any atom is 0.321 e. The number of nitrogens with one attached hydrogen (secondary N) is 1. The maximum absolute atomic E-state index is 11.9. The summed E-state index contributed by atoms with van der Waals surface area (Å²) in [6, 6.07) is 1.95. The van der Waals surface area contributed by atoms with Gasteiger partial charge < -0.3 is 5.11 Å². The molecule has 0 aliphatic rings. The van der Waals surface area contributed by atoms with Crippen molar-refractivity contribution in [3.8, 4) is 0 Å². The predicted molar refractivity (Wildman–Crippen MR) is 76.8 cm³/mol. The van der Waals surface area contributed by atoms with E-state index in [9.17, 15) is 13.2 Å². The lowest BCUT2D eigenvalue weighted by Gasteiger charge is -2.13. The number of carboxylic acid groups (broad SMARTS) is 1. The normalized spacial score (nSPS) is 13.4. The van der Waals surface area contributed by atoms with E-state index in [1.807, 2.05) is 6.26 Å². The van der Waals surface area contributed by atoms with Gasteiger partial charge in [0.05, 0.1) is 3.79 Å². The fraction of sp³-hybridized carbons (Fsp3) is 0.444. The first-order chi connectivity index (χ1) is 8.36. The summed E-state index contributed by atoms with van der Waals surface area (Å²) in [5.74, 6) is -0.587. The molecule has 0 aliphatic heterocycles. The van der Waals surface area contributed by atoms with Gasteiger partial charge in [0.15, 0.2) is 0 Å². The standard InChI is InChI=1S/C9H12BrNO4S3/c1-16-5-4-6(9(12)13)11-18(14,15)8-3-2-7(10)17-8/h2-3,6,11H,4-5H2,1H3,(H,12,13)/t6-/m1/s1. The Hall–Kier alpha value is -0.0900. The second-order valence-corrected chi connectivity index (χ2v) is 8.74. The van der Waals surface area contributed by atoms with Crippen molar-refractivity contribution in [2.24, 2.45) is 0 Å². The number of hydrogen-bond acceptors (Lipinski definition) is 5. The molecule has 102 valence electrons. The van der Waals surface area contributed by atoms with Crippen LogP contribution in [0.3, 0.4) is 0 Å². The molecule has 0 radical (unpaired) electrons. The van der Waals surface area contributed by atoms with Crippen LogP contribution in [0.4, 0.5) is 0 Å². The van der Waals surface area contributed by atoms with Crippen molar-refractivity contribution in [2.45, 2.75) is 16.7 Å². The maximum atomic E-state index is 11.9. The molecule has 1 aromatic heterocycles. The van der Waals surface area contributed by atoms with E-state index in [2.05, 4.69) is 20.7 Å². The quantitative estimate of drug-likeness (QED) is 0.763. The van der Waals surface area contributed by atoms with Crippen LogP contribution >= 0.6 is 39.0 Å². The van der Waals surface area contributed by atoms with Gasteiger partial charge in [-0.05, 0) is 46.5 Å². The molecule has 0 saturated carbocycles. The predicted octanol–water partition coefficient (Wildman–Crippen LogP) is 2.00. The minimum atomic E-state index is -3.77. The number of carboxylic acids is 1. The average molecular weight is 374 g/mol. The molecule has 2 N–H and O–H groups in total. The summed E-state index contributed by atoms with van der Waals surface area (Å²) in [5.41, 5.74) is 0. The van der Waals surface area contributed by atoms with Crippen LogP contribution in [-0.2, 0) is 14.8 Å². The molecule has 0 fully saturated rings. The van der Waals surface area contributed by atoms with Crippen LogP contribution in [0.2, 0.25) is 0 Å². The van der Waals surface area contributed by atoms with Crippen molar-refractivity contribution in [1.29, 1.82) is 0 Å². The Balaban J connectivity index is 2.82. The number of aliphatic carboxylic acids is 1. The number of hydrogen-bond donors (Lipinski definition) is 2. The largest absolute Gasteiger partial charge is 0.480 e. The summed E-state index contributed by atoms with van der Waals surface area (Å²) < 4.78 is 26.9. The highest BCUT2D eigenvalue weighted by molar-refractivity contribution is 9.11. The Morgan fingerprint density at radius 1 is 1.61 bits per heavy atom. The van der Waals surface area contributed by atoms with E-state index >= 15 is 0 Å². The zero-order chi connectivity index (χ0) is 13.8. The van der Waals surface area contributed by atoms with Gasteiger partial charge in [-0.1, -0.05) is 0 Å². The molecule has 0 bridgehead atoms. The van der Waals surface area contributed by atoms with Crippen molar-refractivity contribution >= 4 is 55.0 Å². The summed E-state index contributed by atoms with van der Waals surface area (Å²) in [6.45, 7) is 0. The second-order valence-electron chi connectivity index (χ2n) is 3.35. The van der Waals surface area contributed by atoms with Crippen molar-refractivity contribution in [1.82, 2.24) is 4.72 Å². The van der Waals surface area contributed by atoms with Gasteiger partial charge in [0.25, 0.3) is 10.0 Å². The van der Waals surface area contributed by atoms with Gasteiger partial charge in [-0.25, -0.2) is 8.42 Å². The zero-order valence-corrected chi connectivity index (χ0v) is 13.5. The van der Waals surface area contributed by atoms with Gasteiger partial charge in [0.2, 0.25) is 0 Å². The third-order valence-corrected chi connectivity index (χ3v) is 6.25. The zero-order valence-electron chi connectivity index (χ0n) is 9.42. The second kappa shape index (κ2) is 6.90. The summed E-state index contributed by atoms with van der Waals surface area (Å²) in [4.78, 5) is 11.0. The van der Waals surface area contributed by atoms with Gasteiger partial charge >= 0.3 is 5.97 Å². The van der Waals surface area contributed by atoms with Crippen molar-refractivity contribution in [3.63, 3.8) is 0 Å². The molecule has 0 aliphatic carbocycles. The first-order valence-corrected chi connectivity index (χ1v) is 9.35. The molecule has 0 unspecified atom stereocenters. The summed E-state index contributed by atoms with van der Waals surface area (Å²) >= 11 is 5.68. The molecule has 0 amide bonds. The molecule has 1 atom stereocenters. The van der Waals surface area contributed by atoms with Crippen LogP contribution in [-0.4, -0.2) is 37.5 Å². The fourth-order valence-electron chi connectivity index (χ4n) is 1.16. The summed E-state index contributed by atoms with van der Waals surface area (Å²) in [6.07, 6.45) is 2.09. The molecule has 1 heterocycles. The molecule has 18 heavy (non-hydrogen) atoms. The van der Waals surface area contributed by atoms with Crippen molar-refractivity contribution in [2.75, 3.05) is 12.0 Å². The number of halogens is 1. The lowest BCUT2D eigenvalue weighted by atomic mass is 10.2. The Morgan fingerprint density at radius 3 is 2.72 bits per heavy atom. The number of sulfonamides is 1. The monoisotopic (exact) mass is 373 g/mol. The highest BCUT2D eigenvalue weighted by Gasteiger charge is 2.25. The fourth-order valence-corrected chi connectivity index (χ4v) is 4.88. The highest BCUT2D eigenvalue weighted by Crippen LogP contribution is 2.26. The van der Waals surface area contributed by atoms with Crippen molar-refractivity contribution in [3.05, 3.63) is 15.9 Å². The number of rotatable bonds is 7. The Bertz CT molecular complexity index is 514. The van der Waals surface area contributed by atoms with E-state index in [4.69, 9.17) is 5.11 Å². The van der Waals surface area contributed by atoms with E-state index in [1.54, 1.807) is 6.07 Å². The molecule has 0 saturated heterocycles. The molecule has 1 aromatic rings. The van der Waals surface area contributed by atoms with E-state index in [1.165, 1.54) is 17.8 Å². The van der Waals surface area contributed by atoms with Crippen molar-refractivity contribution < 1.29 is 18.3 Å². The van der Waals surface area contributed by atoms with Crippen LogP contribution in [0.15, 0.2) is 20.1 Å². The topological polar surface area (TPSA) is 83.5 Å². The van der Waals surface area contributed by atoms with Gasteiger partial charge in [-0.15, -0.1) is 11.3 Å². The molecule has 9 heteroatoms. The van der Waals surface area contributed by atoms with E-state index in [0.29, 0.717) is 9.54 Å². The average Bonchev–Trinajstić information content (AvgIpc) is 2.71.